The second kappa shape index (κ2) is 54.5. The van der Waals surface area contributed by atoms with Crippen LogP contribution in [0, 0.1) is 0 Å². The van der Waals surface area contributed by atoms with Crippen molar-refractivity contribution >= 4 is 19.7 Å². The molecule has 0 aliphatic carbocycles. The number of rotatable bonds is 55. The van der Waals surface area contributed by atoms with E-state index >= 15 is 0 Å². The fraction of sp³-hybridized carbons (Fsp3) is 0.754. The molecule has 0 fully saturated rings. The summed E-state index contributed by atoms with van der Waals surface area (Å²) < 4.78 is 30.3. The Bertz CT molecular complexity index is 1560. The number of unbranched alkanes of at least 4 members (excludes halogenated alkanes) is 27. The molecule has 9 nitrogen and oxygen atoms in total. The molecule has 0 heterocycles. The van der Waals surface area contributed by atoms with Crippen LogP contribution >= 0.6 is 7.82 Å². The lowest BCUT2D eigenvalue weighted by atomic mass is 10.1. The summed E-state index contributed by atoms with van der Waals surface area (Å²) in [6, 6.07) is -0.905. The van der Waals surface area contributed by atoms with Crippen LogP contribution in [0.25, 0.3) is 0 Å². The first-order chi connectivity index (χ1) is 36.4. The van der Waals surface area contributed by atoms with Gasteiger partial charge in [0.15, 0.2) is 0 Å². The van der Waals surface area contributed by atoms with Crippen LogP contribution in [-0.2, 0) is 27.9 Å². The normalized spacial score (nSPS) is 14.3. The van der Waals surface area contributed by atoms with Gasteiger partial charge in [0.25, 0.3) is 7.82 Å². The van der Waals surface area contributed by atoms with Crippen LogP contribution in [0.3, 0.4) is 0 Å². The summed E-state index contributed by atoms with van der Waals surface area (Å²) in [6.07, 6.45) is 71.1. The van der Waals surface area contributed by atoms with E-state index in [-0.39, 0.29) is 24.9 Å². The molecule has 1 N–H and O–H groups in total. The van der Waals surface area contributed by atoms with Gasteiger partial charge in [0.2, 0.25) is 5.91 Å². The van der Waals surface area contributed by atoms with Crippen molar-refractivity contribution in [2.24, 2.45) is 0 Å². The maximum Gasteiger partial charge on any atom is 0.306 e. The van der Waals surface area contributed by atoms with Crippen molar-refractivity contribution in [1.29, 1.82) is 0 Å². The van der Waals surface area contributed by atoms with E-state index in [9.17, 15) is 19.0 Å². The number of likely N-dealkylation sites (N-methyl/N-ethyl adjacent to an activating group) is 1. The fourth-order valence-electron chi connectivity index (χ4n) is 8.48. The summed E-state index contributed by atoms with van der Waals surface area (Å²) in [7, 11) is 1.16. The Balaban J connectivity index is 5.29. The molecule has 434 valence electrons. The molecule has 3 atom stereocenters. The number of amides is 1. The number of carbonyl (C=O) groups is 2. The van der Waals surface area contributed by atoms with Crippen LogP contribution in [0.15, 0.2) is 85.1 Å². The first kappa shape index (κ1) is 72.2. The number of ether oxygens (including phenoxy) is 1. The Morgan fingerprint density at radius 2 is 0.813 bits per heavy atom. The Morgan fingerprint density at radius 3 is 1.24 bits per heavy atom. The summed E-state index contributed by atoms with van der Waals surface area (Å²) in [5.41, 5.74) is 0. The lowest BCUT2D eigenvalue weighted by molar-refractivity contribution is -0.870. The predicted octanol–water partition coefficient (Wildman–Crippen LogP) is 18.4. The molecule has 10 heteroatoms. The third-order valence-corrected chi connectivity index (χ3v) is 14.3. The number of quaternary nitrogens is 1. The molecule has 0 aromatic rings. The van der Waals surface area contributed by atoms with E-state index < -0.39 is 26.6 Å². The van der Waals surface area contributed by atoms with Crippen LogP contribution in [0.2, 0.25) is 0 Å². The molecule has 0 aliphatic heterocycles. The number of nitrogens with one attached hydrogen (secondary N) is 1. The fourth-order valence-corrected chi connectivity index (χ4v) is 9.20. The molecule has 0 aliphatic rings. The summed E-state index contributed by atoms with van der Waals surface area (Å²) in [4.78, 5) is 40.0. The van der Waals surface area contributed by atoms with E-state index in [4.69, 9.17) is 13.8 Å². The largest absolute Gasteiger partial charge is 0.756 e. The highest BCUT2D eigenvalue weighted by atomic mass is 31.2. The number of allylic oxidation sites excluding steroid dienone is 13. The van der Waals surface area contributed by atoms with Crippen molar-refractivity contribution < 1.29 is 37.3 Å². The molecule has 0 rings (SSSR count). The van der Waals surface area contributed by atoms with Gasteiger partial charge < -0.3 is 28.5 Å². The zero-order chi connectivity index (χ0) is 55.0. The van der Waals surface area contributed by atoms with Gasteiger partial charge in [0.05, 0.1) is 33.8 Å². The predicted molar refractivity (Wildman–Crippen MR) is 321 cm³/mol. The number of esters is 1. The van der Waals surface area contributed by atoms with E-state index in [1.807, 2.05) is 33.3 Å². The second-order valence-electron chi connectivity index (χ2n) is 21.8. The first-order valence-corrected chi connectivity index (χ1v) is 32.4. The molecule has 0 saturated carbocycles. The van der Waals surface area contributed by atoms with Gasteiger partial charge in [-0.3, -0.25) is 14.2 Å². The highest BCUT2D eigenvalue weighted by Crippen LogP contribution is 2.38. The zero-order valence-corrected chi connectivity index (χ0v) is 50.4. The van der Waals surface area contributed by atoms with Gasteiger partial charge >= 0.3 is 5.97 Å². The van der Waals surface area contributed by atoms with Crippen LogP contribution < -0.4 is 10.2 Å². The van der Waals surface area contributed by atoms with Gasteiger partial charge in [-0.25, -0.2) is 0 Å². The number of nitrogens with zero attached hydrogens (tertiary/aromatic N) is 1. The van der Waals surface area contributed by atoms with Crippen LogP contribution in [0.4, 0.5) is 0 Å². The molecule has 3 unspecified atom stereocenters. The average molecular weight is 1070 g/mol. The highest BCUT2D eigenvalue weighted by Gasteiger charge is 2.27. The van der Waals surface area contributed by atoms with E-state index in [0.29, 0.717) is 23.9 Å². The number of hydrogen-bond donors (Lipinski definition) is 1. The molecule has 0 saturated heterocycles. The average Bonchev–Trinajstić information content (AvgIpc) is 3.37. The van der Waals surface area contributed by atoms with Gasteiger partial charge in [0.1, 0.15) is 19.3 Å². The smallest absolute Gasteiger partial charge is 0.306 e. The zero-order valence-electron chi connectivity index (χ0n) is 49.5. The first-order valence-electron chi connectivity index (χ1n) is 30.9. The maximum absolute atomic E-state index is 13.5. The summed E-state index contributed by atoms with van der Waals surface area (Å²) in [5, 5.41) is 3.02. The van der Waals surface area contributed by atoms with Crippen molar-refractivity contribution in [2.75, 3.05) is 40.9 Å². The minimum Gasteiger partial charge on any atom is -0.756 e. The number of phosphoric acid groups is 1. The molecule has 0 bridgehead atoms. The van der Waals surface area contributed by atoms with E-state index in [1.165, 1.54) is 96.3 Å². The van der Waals surface area contributed by atoms with Crippen molar-refractivity contribution in [2.45, 2.75) is 277 Å². The molecule has 0 aromatic heterocycles. The Kier molecular flexibility index (Phi) is 52.5. The highest BCUT2D eigenvalue weighted by molar-refractivity contribution is 7.45. The SMILES string of the molecule is CCCCC/C=C\C/C=C\C/C=C\CCCCCCCCC(=O)NC(COP(=O)([O-])OCC[N+](C)(C)C)C(/C=C/CCCCCCCCCCC)OC(=O)CCCCCCCC/C=C\C/C=C\C/C=C\CCCCC. The molecule has 0 aromatic carbocycles. The Labute approximate surface area is 463 Å². The van der Waals surface area contributed by atoms with Crippen molar-refractivity contribution in [3.8, 4) is 0 Å². The topological polar surface area (TPSA) is 114 Å². The lowest BCUT2D eigenvalue weighted by Gasteiger charge is -2.30. The number of carbonyl (C=O) groups excluding carboxylic acids is 2. The van der Waals surface area contributed by atoms with Crippen LogP contribution in [0.1, 0.15) is 265 Å². The lowest BCUT2D eigenvalue weighted by Crippen LogP contribution is -2.47. The van der Waals surface area contributed by atoms with Gasteiger partial charge in [0, 0.05) is 12.8 Å². The van der Waals surface area contributed by atoms with Gasteiger partial charge in [-0.1, -0.05) is 228 Å². The third-order valence-electron chi connectivity index (χ3n) is 13.3. The molecule has 75 heavy (non-hydrogen) atoms. The summed E-state index contributed by atoms with van der Waals surface area (Å²) in [5.74, 6) is -0.572. The maximum atomic E-state index is 13.5. The van der Waals surface area contributed by atoms with Gasteiger partial charge in [-0.2, -0.15) is 0 Å². The van der Waals surface area contributed by atoms with Crippen molar-refractivity contribution in [1.82, 2.24) is 5.32 Å². The van der Waals surface area contributed by atoms with Crippen LogP contribution in [-0.4, -0.2) is 69.4 Å². The molecular weight excluding hydrogens is 952 g/mol. The van der Waals surface area contributed by atoms with Crippen molar-refractivity contribution in [3.63, 3.8) is 0 Å². The summed E-state index contributed by atoms with van der Waals surface area (Å²) >= 11 is 0. The molecule has 0 radical (unpaired) electrons. The van der Waals surface area contributed by atoms with Crippen molar-refractivity contribution in [3.05, 3.63) is 85.1 Å². The monoisotopic (exact) mass is 1070 g/mol. The summed E-state index contributed by atoms with van der Waals surface area (Å²) in [6.45, 7) is 6.76. The Hall–Kier alpha value is -2.81. The molecule has 1 amide bonds. The second-order valence-corrected chi connectivity index (χ2v) is 23.3. The van der Waals surface area contributed by atoms with Gasteiger partial charge in [-0.15, -0.1) is 0 Å². The number of hydrogen-bond acceptors (Lipinski definition) is 7. The quantitative estimate of drug-likeness (QED) is 0.0212. The van der Waals surface area contributed by atoms with Crippen LogP contribution in [0.5, 0.6) is 0 Å². The molecular formula is C65H117N2O7P. The van der Waals surface area contributed by atoms with E-state index in [2.05, 4.69) is 99.0 Å². The Morgan fingerprint density at radius 1 is 0.467 bits per heavy atom. The third kappa shape index (κ3) is 55.7. The van der Waals surface area contributed by atoms with E-state index in [1.54, 1.807) is 0 Å². The number of phosphoric ester groups is 1. The standard InChI is InChI=1S/C65H117N2O7P/c1-7-10-13-16-19-22-25-27-29-31-33-35-37-39-42-45-48-51-54-57-64(68)66-62(61-73-75(70,71)72-60-59-67(4,5)6)63(56-53-50-47-44-41-24-21-18-15-12-9-3)74-65(69)58-55-52-49-46-43-40-38-36-34-32-30-28-26-23-20-17-14-11-8-2/h19-20,22-23,27-30,33-36,53,56,62-63H,7-18,21,24-26,31-32,37-52,54-55,57-61H2,1-6H3,(H-,66,68,70,71)/b22-19-,23-20-,29-27-,30-28-,35-33-,36-34-,56-53+. The van der Waals surface area contributed by atoms with Gasteiger partial charge in [-0.05, 0) is 109 Å². The minimum atomic E-state index is -4.71. The van der Waals surface area contributed by atoms with E-state index in [0.717, 1.165) is 128 Å². The minimum absolute atomic E-state index is 0.0309. The molecule has 0 spiro atoms.